The topological polar surface area (TPSA) is 71.2 Å². The van der Waals surface area contributed by atoms with Gasteiger partial charge in [-0.05, 0) is 25.1 Å². The molecule has 3 N–H and O–H groups in total. The van der Waals surface area contributed by atoms with E-state index in [4.69, 9.17) is 5.73 Å². The number of amides is 1. The molecule has 0 bridgehead atoms. The molecule has 104 valence electrons. The number of nitrogens with one attached hydrogen (secondary N) is 1. The smallest absolute Gasteiger partial charge is 0.225 e. The Hall–Kier alpha value is -1.04. The van der Waals surface area contributed by atoms with E-state index in [1.807, 2.05) is 25.1 Å². The largest absolute Gasteiger partial charge is 0.376 e. The molecule has 1 amide bonds. The van der Waals surface area contributed by atoms with Gasteiger partial charge in [0.05, 0.1) is 11.9 Å². The molecule has 0 aliphatic heterocycles. The van der Waals surface area contributed by atoms with E-state index in [1.165, 1.54) is 0 Å². The summed E-state index contributed by atoms with van der Waals surface area (Å²) in [5.74, 6) is 0.531. The van der Waals surface area contributed by atoms with Crippen molar-refractivity contribution < 1.29 is 4.79 Å². The molecule has 0 spiro atoms. The average Bonchev–Trinajstić information content (AvgIpc) is 2.27. The van der Waals surface area contributed by atoms with Crippen LogP contribution in [0.4, 0.5) is 11.5 Å². The summed E-state index contributed by atoms with van der Waals surface area (Å²) in [7, 11) is 3.88. The number of anilines is 2. The Balaban J connectivity index is 0. The van der Waals surface area contributed by atoms with Crippen LogP contribution in [0.25, 0.3) is 0 Å². The van der Waals surface area contributed by atoms with Crippen LogP contribution in [0.5, 0.6) is 0 Å². The molecular weight excluding hydrogens is 275 g/mol. The summed E-state index contributed by atoms with van der Waals surface area (Å²) >= 11 is 0. The fourth-order valence-corrected chi connectivity index (χ4v) is 1.19. The zero-order valence-electron chi connectivity index (χ0n) is 10.5. The molecule has 0 atom stereocenters. The molecule has 0 saturated heterocycles. The van der Waals surface area contributed by atoms with Gasteiger partial charge in [-0.2, -0.15) is 0 Å². The van der Waals surface area contributed by atoms with Crippen LogP contribution in [0.3, 0.4) is 0 Å². The highest BCUT2D eigenvalue weighted by Gasteiger charge is 2.02. The van der Waals surface area contributed by atoms with Gasteiger partial charge in [0.15, 0.2) is 0 Å². The highest BCUT2D eigenvalue weighted by Crippen LogP contribution is 2.12. The van der Waals surface area contributed by atoms with Crippen molar-refractivity contribution in [3.63, 3.8) is 0 Å². The monoisotopic (exact) mass is 294 g/mol. The van der Waals surface area contributed by atoms with E-state index >= 15 is 0 Å². The first-order valence-electron chi connectivity index (χ1n) is 5.27. The minimum Gasteiger partial charge on any atom is -0.376 e. The Bertz CT molecular complexity index is 343. The molecule has 0 saturated carbocycles. The van der Waals surface area contributed by atoms with Crippen LogP contribution >= 0.6 is 24.8 Å². The van der Waals surface area contributed by atoms with Crippen LogP contribution in [0, 0.1) is 0 Å². The maximum absolute atomic E-state index is 11.4. The first-order chi connectivity index (χ1) is 7.63. The Morgan fingerprint density at radius 3 is 2.50 bits per heavy atom. The molecule has 1 rings (SSSR count). The number of halogens is 2. The molecular formula is C11H20Cl2N4O. The maximum atomic E-state index is 11.4. The second kappa shape index (κ2) is 9.94. The first-order valence-corrected chi connectivity index (χ1v) is 5.27. The van der Waals surface area contributed by atoms with Crippen LogP contribution in [0.15, 0.2) is 18.3 Å². The predicted octanol–water partition coefficient (Wildman–Crippen LogP) is 1.67. The molecule has 7 heteroatoms. The van der Waals surface area contributed by atoms with E-state index in [9.17, 15) is 4.79 Å². The molecule has 0 aromatic carbocycles. The van der Waals surface area contributed by atoms with E-state index in [0.29, 0.717) is 25.2 Å². The van der Waals surface area contributed by atoms with Crippen molar-refractivity contribution in [3.05, 3.63) is 18.3 Å². The summed E-state index contributed by atoms with van der Waals surface area (Å²) in [6.45, 7) is 0.528. The van der Waals surface area contributed by atoms with Crippen molar-refractivity contribution in [1.82, 2.24) is 4.98 Å². The molecule has 0 fully saturated rings. The second-order valence-corrected chi connectivity index (χ2v) is 3.74. The minimum atomic E-state index is -0.0458. The van der Waals surface area contributed by atoms with Crippen LogP contribution < -0.4 is 16.0 Å². The molecule has 0 aliphatic rings. The Kier molecular flexibility index (Phi) is 10.7. The summed E-state index contributed by atoms with van der Waals surface area (Å²) < 4.78 is 0. The van der Waals surface area contributed by atoms with Crippen molar-refractivity contribution in [1.29, 1.82) is 0 Å². The first kappa shape index (κ1) is 19.3. The summed E-state index contributed by atoms with van der Waals surface area (Å²) in [6, 6.07) is 3.70. The van der Waals surface area contributed by atoms with Crippen LogP contribution in [-0.4, -0.2) is 31.5 Å². The summed E-state index contributed by atoms with van der Waals surface area (Å²) in [4.78, 5) is 17.5. The third-order valence-electron chi connectivity index (χ3n) is 2.14. The highest BCUT2D eigenvalue weighted by molar-refractivity contribution is 5.89. The van der Waals surface area contributed by atoms with E-state index in [2.05, 4.69) is 10.3 Å². The molecule has 1 aromatic rings. The maximum Gasteiger partial charge on any atom is 0.225 e. The van der Waals surface area contributed by atoms with Crippen molar-refractivity contribution in [2.45, 2.75) is 12.8 Å². The molecule has 5 nitrogen and oxygen atoms in total. The number of rotatable bonds is 5. The third-order valence-corrected chi connectivity index (χ3v) is 2.14. The number of nitrogens with zero attached hydrogens (tertiary/aromatic N) is 2. The fraction of sp³-hybridized carbons (Fsp3) is 0.455. The molecule has 0 radical (unpaired) electrons. The van der Waals surface area contributed by atoms with Gasteiger partial charge < -0.3 is 16.0 Å². The quantitative estimate of drug-likeness (QED) is 0.867. The lowest BCUT2D eigenvalue weighted by atomic mass is 10.3. The summed E-state index contributed by atoms with van der Waals surface area (Å²) in [5.41, 5.74) is 6.32. The molecule has 0 unspecified atom stereocenters. The van der Waals surface area contributed by atoms with Gasteiger partial charge in [0.25, 0.3) is 0 Å². The molecule has 0 aliphatic carbocycles. The minimum absolute atomic E-state index is 0. The number of hydrogen-bond donors (Lipinski definition) is 2. The summed E-state index contributed by atoms with van der Waals surface area (Å²) in [5, 5.41) is 2.72. The lowest BCUT2D eigenvalue weighted by Crippen LogP contribution is -2.15. The Morgan fingerprint density at radius 2 is 2.06 bits per heavy atom. The van der Waals surface area contributed by atoms with Gasteiger partial charge in [0, 0.05) is 20.5 Å². The third kappa shape index (κ3) is 6.64. The van der Waals surface area contributed by atoms with Crippen LogP contribution in [0.1, 0.15) is 12.8 Å². The molecule has 1 heterocycles. The van der Waals surface area contributed by atoms with E-state index in [0.717, 1.165) is 5.69 Å². The van der Waals surface area contributed by atoms with Gasteiger partial charge in [0.2, 0.25) is 5.91 Å². The lowest BCUT2D eigenvalue weighted by molar-refractivity contribution is -0.116. The Morgan fingerprint density at radius 1 is 1.39 bits per heavy atom. The standard InChI is InChI=1S/C11H18N4O.2ClH/c1-15(2)9-5-6-10(13-8-9)14-11(16)4-3-7-12;;/h5-6,8H,3-4,7,12H2,1-2H3,(H,13,14,16);2*1H. The zero-order chi connectivity index (χ0) is 12.0. The van der Waals surface area contributed by atoms with Crippen molar-refractivity contribution in [2.24, 2.45) is 5.73 Å². The number of carbonyl (C=O) groups excluding carboxylic acids is 1. The molecule has 1 aromatic heterocycles. The van der Waals surface area contributed by atoms with Crippen molar-refractivity contribution >= 4 is 42.2 Å². The zero-order valence-corrected chi connectivity index (χ0v) is 12.2. The van der Waals surface area contributed by atoms with Gasteiger partial charge >= 0.3 is 0 Å². The van der Waals surface area contributed by atoms with Gasteiger partial charge in [-0.3, -0.25) is 4.79 Å². The predicted molar refractivity (Wildman–Crippen MR) is 80.0 cm³/mol. The average molecular weight is 295 g/mol. The Labute approximate surface area is 120 Å². The fourth-order valence-electron chi connectivity index (χ4n) is 1.19. The molecule has 18 heavy (non-hydrogen) atoms. The number of pyridine rings is 1. The van der Waals surface area contributed by atoms with E-state index in [-0.39, 0.29) is 30.7 Å². The number of hydrogen-bond acceptors (Lipinski definition) is 4. The number of nitrogens with two attached hydrogens (primary N) is 1. The lowest BCUT2D eigenvalue weighted by Gasteiger charge is -2.12. The van der Waals surface area contributed by atoms with Crippen molar-refractivity contribution in [2.75, 3.05) is 30.9 Å². The number of aromatic nitrogens is 1. The van der Waals surface area contributed by atoms with Crippen molar-refractivity contribution in [3.8, 4) is 0 Å². The second-order valence-electron chi connectivity index (χ2n) is 3.74. The van der Waals surface area contributed by atoms with Gasteiger partial charge in [-0.25, -0.2) is 4.98 Å². The van der Waals surface area contributed by atoms with Gasteiger partial charge in [0.1, 0.15) is 5.82 Å². The SMILES string of the molecule is CN(C)c1ccc(NC(=O)CCCN)nc1.Cl.Cl. The van der Waals surface area contributed by atoms with Crippen LogP contribution in [-0.2, 0) is 4.79 Å². The van der Waals surface area contributed by atoms with E-state index in [1.54, 1.807) is 12.3 Å². The normalized spacial score (nSPS) is 8.83. The van der Waals surface area contributed by atoms with Gasteiger partial charge in [-0.15, -0.1) is 24.8 Å². The van der Waals surface area contributed by atoms with Gasteiger partial charge in [-0.1, -0.05) is 0 Å². The summed E-state index contributed by atoms with van der Waals surface area (Å²) in [6.07, 6.45) is 2.85. The number of carbonyl (C=O) groups is 1. The van der Waals surface area contributed by atoms with Crippen LogP contribution in [0.2, 0.25) is 0 Å². The van der Waals surface area contributed by atoms with E-state index < -0.39 is 0 Å². The highest BCUT2D eigenvalue weighted by atomic mass is 35.5.